The minimum Gasteiger partial charge on any atom is -0.317 e. The molecular weight excluding hydrogens is 168 g/mol. The van der Waals surface area contributed by atoms with Crippen molar-refractivity contribution in [3.63, 3.8) is 0 Å². The molecule has 2 N–H and O–H groups in total. The van der Waals surface area contributed by atoms with Gasteiger partial charge in [-0.3, -0.25) is 0 Å². The van der Waals surface area contributed by atoms with Gasteiger partial charge in [0.1, 0.15) is 0 Å². The molecule has 0 amide bonds. The molecule has 0 aromatic carbocycles. The van der Waals surface area contributed by atoms with E-state index in [-0.39, 0.29) is 5.37 Å². The van der Waals surface area contributed by atoms with E-state index in [4.69, 9.17) is 5.73 Å². The van der Waals surface area contributed by atoms with Crippen LogP contribution in [0, 0.1) is 5.92 Å². The Hall–Kier alpha value is -0.280. The number of allylic oxidation sites excluding steroid dienone is 1. The Morgan fingerprint density at radius 3 is 2.92 bits per heavy atom. The van der Waals surface area contributed by atoms with Crippen molar-refractivity contribution in [1.29, 1.82) is 0 Å². The average Bonchev–Trinajstić information content (AvgIpc) is 2.45. The Morgan fingerprint density at radius 2 is 2.42 bits per heavy atom. The highest BCUT2D eigenvalue weighted by atomic mass is 32.2. The van der Waals surface area contributed by atoms with Crippen LogP contribution in [0.15, 0.2) is 16.0 Å². The summed E-state index contributed by atoms with van der Waals surface area (Å²) in [6, 6.07) is 0. The quantitative estimate of drug-likeness (QED) is 0.528. The Kier molecular flexibility index (Phi) is 3.35. The largest absolute Gasteiger partial charge is 0.317 e. The maximum absolute atomic E-state index is 5.93. The van der Waals surface area contributed by atoms with E-state index in [0.29, 0.717) is 5.92 Å². The van der Waals surface area contributed by atoms with Crippen molar-refractivity contribution in [1.82, 2.24) is 0 Å². The summed E-state index contributed by atoms with van der Waals surface area (Å²) in [4.78, 5) is 0. The van der Waals surface area contributed by atoms with Crippen LogP contribution in [0.25, 0.3) is 0 Å². The molecule has 0 aliphatic carbocycles. The lowest BCUT2D eigenvalue weighted by Crippen LogP contribution is -2.28. The predicted octanol–water partition coefficient (Wildman–Crippen LogP) is 2.37. The maximum atomic E-state index is 5.93. The molecule has 0 aromatic heterocycles. The highest BCUT2D eigenvalue weighted by Gasteiger charge is 2.29. The molecule has 3 heteroatoms. The van der Waals surface area contributed by atoms with Crippen LogP contribution in [0.5, 0.6) is 0 Å². The molecule has 68 valence electrons. The molecule has 0 saturated carbocycles. The van der Waals surface area contributed by atoms with E-state index in [1.165, 1.54) is 23.2 Å². The van der Waals surface area contributed by atoms with Crippen LogP contribution < -0.4 is 5.73 Å². The van der Waals surface area contributed by atoms with Crippen molar-refractivity contribution < 1.29 is 0 Å². The molecule has 12 heavy (non-hydrogen) atoms. The zero-order chi connectivity index (χ0) is 9.14. The zero-order valence-electron chi connectivity index (χ0n) is 7.87. The zero-order valence-corrected chi connectivity index (χ0v) is 8.69. The van der Waals surface area contributed by atoms with Crippen molar-refractivity contribution in [3.05, 3.63) is 11.6 Å². The Balaban J connectivity index is 2.79. The molecule has 1 aliphatic rings. The van der Waals surface area contributed by atoms with Gasteiger partial charge in [-0.05, 0) is 32.2 Å². The molecule has 2 unspecified atom stereocenters. The summed E-state index contributed by atoms with van der Waals surface area (Å²) in [5, 5.41) is 0.135. The Labute approximate surface area is 78.5 Å². The number of nitrogens with zero attached hydrogens (tertiary/aromatic N) is 1. The fraction of sp³-hybridized carbons (Fsp3) is 0.667. The van der Waals surface area contributed by atoms with Gasteiger partial charge in [-0.1, -0.05) is 18.6 Å². The van der Waals surface area contributed by atoms with Crippen LogP contribution in [-0.4, -0.2) is 11.1 Å². The van der Waals surface area contributed by atoms with Gasteiger partial charge >= 0.3 is 0 Å². The number of nitrogens with two attached hydrogens (primary N) is 1. The molecule has 0 spiro atoms. The van der Waals surface area contributed by atoms with E-state index in [1.807, 2.05) is 0 Å². The number of hydrogen-bond acceptors (Lipinski definition) is 3. The normalized spacial score (nSPS) is 30.7. The molecule has 2 nitrogen and oxygen atoms in total. The van der Waals surface area contributed by atoms with Gasteiger partial charge in [-0.15, -0.1) is 0 Å². The van der Waals surface area contributed by atoms with Crippen molar-refractivity contribution in [2.45, 2.75) is 32.6 Å². The van der Waals surface area contributed by atoms with Crippen LogP contribution in [0.4, 0.5) is 0 Å². The molecule has 0 fully saturated rings. The minimum atomic E-state index is 0.135. The van der Waals surface area contributed by atoms with Crippen LogP contribution in [0.3, 0.4) is 0 Å². The molecule has 2 atom stereocenters. The topological polar surface area (TPSA) is 38.4 Å². The molecule has 0 bridgehead atoms. The fourth-order valence-corrected chi connectivity index (χ4v) is 2.41. The van der Waals surface area contributed by atoms with Crippen LogP contribution in [-0.2, 0) is 0 Å². The first kappa shape index (κ1) is 9.81. The lowest BCUT2D eigenvalue weighted by molar-refractivity contribution is 0.760. The molecular formula is C9H16N2S. The van der Waals surface area contributed by atoms with E-state index >= 15 is 0 Å². The van der Waals surface area contributed by atoms with Gasteiger partial charge in [-0.25, -0.2) is 4.40 Å². The van der Waals surface area contributed by atoms with Gasteiger partial charge in [-0.2, -0.15) is 0 Å². The maximum Gasteiger partial charge on any atom is 0.0847 e. The second-order valence-corrected chi connectivity index (χ2v) is 3.95. The second kappa shape index (κ2) is 4.10. The van der Waals surface area contributed by atoms with E-state index in [2.05, 4.69) is 31.2 Å². The first-order valence-electron chi connectivity index (χ1n) is 4.31. The monoisotopic (exact) mass is 184 g/mol. The molecule has 0 aromatic rings. The molecule has 1 heterocycles. The lowest BCUT2D eigenvalue weighted by atomic mass is 9.93. The molecule has 1 aliphatic heterocycles. The summed E-state index contributed by atoms with van der Waals surface area (Å²) >= 11 is 1.51. The summed E-state index contributed by atoms with van der Waals surface area (Å²) in [5.74, 6) is 0.380. The van der Waals surface area contributed by atoms with E-state index in [9.17, 15) is 0 Å². The molecule has 0 radical (unpaired) electrons. The van der Waals surface area contributed by atoms with Gasteiger partial charge < -0.3 is 5.73 Å². The van der Waals surface area contributed by atoms with E-state index in [1.54, 1.807) is 0 Å². The third kappa shape index (κ3) is 1.72. The smallest absolute Gasteiger partial charge is 0.0847 e. The van der Waals surface area contributed by atoms with Gasteiger partial charge in [0.05, 0.1) is 5.37 Å². The van der Waals surface area contributed by atoms with Gasteiger partial charge in [0.25, 0.3) is 0 Å². The number of hydrogen-bond donors (Lipinski definition) is 1. The summed E-state index contributed by atoms with van der Waals surface area (Å²) in [5.41, 5.74) is 8.51. The number of rotatable bonds is 2. The first-order valence-corrected chi connectivity index (χ1v) is 5.15. The van der Waals surface area contributed by atoms with E-state index in [0.717, 1.165) is 6.42 Å². The van der Waals surface area contributed by atoms with Crippen LogP contribution in [0.1, 0.15) is 27.2 Å². The lowest BCUT2D eigenvalue weighted by Gasteiger charge is -2.16. The van der Waals surface area contributed by atoms with Crippen molar-refractivity contribution >= 4 is 17.7 Å². The molecule has 0 saturated heterocycles. The molecule has 1 rings (SSSR count). The van der Waals surface area contributed by atoms with Crippen molar-refractivity contribution in [3.8, 4) is 0 Å². The minimum absolute atomic E-state index is 0.135. The fourth-order valence-electron chi connectivity index (χ4n) is 1.42. The Bertz CT molecular complexity index is 221. The average molecular weight is 184 g/mol. The second-order valence-electron chi connectivity index (χ2n) is 3.02. The summed E-state index contributed by atoms with van der Waals surface area (Å²) < 4.78 is 4.35. The Morgan fingerprint density at radius 1 is 1.75 bits per heavy atom. The highest BCUT2D eigenvalue weighted by Crippen LogP contribution is 2.32. The van der Waals surface area contributed by atoms with Gasteiger partial charge in [0, 0.05) is 11.6 Å². The third-order valence-electron chi connectivity index (χ3n) is 2.29. The van der Waals surface area contributed by atoms with Gasteiger partial charge in [0.2, 0.25) is 0 Å². The van der Waals surface area contributed by atoms with Gasteiger partial charge in [0.15, 0.2) is 0 Å². The van der Waals surface area contributed by atoms with Crippen LogP contribution in [0.2, 0.25) is 0 Å². The van der Waals surface area contributed by atoms with Crippen LogP contribution >= 0.6 is 11.9 Å². The van der Waals surface area contributed by atoms with E-state index < -0.39 is 0 Å². The predicted molar refractivity (Wildman–Crippen MR) is 56.2 cm³/mol. The summed E-state index contributed by atoms with van der Waals surface area (Å²) in [6.45, 7) is 6.31. The summed E-state index contributed by atoms with van der Waals surface area (Å²) in [6.07, 6.45) is 3.14. The van der Waals surface area contributed by atoms with Crippen molar-refractivity contribution in [2.24, 2.45) is 16.0 Å². The summed E-state index contributed by atoms with van der Waals surface area (Å²) in [7, 11) is 0. The SMILES string of the molecule is CC=C(C)C1C(CC)=NSC1N. The third-order valence-corrected chi connectivity index (χ3v) is 3.14. The highest BCUT2D eigenvalue weighted by molar-refractivity contribution is 7.99. The van der Waals surface area contributed by atoms with Crippen molar-refractivity contribution in [2.75, 3.05) is 0 Å². The standard InChI is InChI=1S/C9H16N2S/c1-4-6(3)8-7(5-2)11-12-9(8)10/h4,8-9H,5,10H2,1-3H3. The first-order chi connectivity index (χ1) is 5.70.